The van der Waals surface area contributed by atoms with Crippen LogP contribution in [-0.2, 0) is 32.4 Å². The van der Waals surface area contributed by atoms with Crippen molar-refractivity contribution in [2.75, 3.05) is 13.2 Å². The van der Waals surface area contributed by atoms with E-state index in [2.05, 4.69) is 4.98 Å². The van der Waals surface area contributed by atoms with Crippen LogP contribution in [0.3, 0.4) is 0 Å². The molecule has 0 unspecified atom stereocenters. The van der Waals surface area contributed by atoms with E-state index in [1.165, 1.54) is 16.8 Å². The van der Waals surface area contributed by atoms with Crippen LogP contribution in [0.2, 0.25) is 0 Å². The molecule has 11 nitrogen and oxygen atoms in total. The lowest BCUT2D eigenvalue weighted by Crippen LogP contribution is -2.43. The van der Waals surface area contributed by atoms with Gasteiger partial charge in [0.25, 0.3) is 5.56 Å². The van der Waals surface area contributed by atoms with Gasteiger partial charge in [0.05, 0.1) is 25.7 Å². The van der Waals surface area contributed by atoms with E-state index in [1.807, 2.05) is 0 Å². The number of rotatable bonds is 7. The number of aromatic amines is 1. The molecule has 1 aromatic rings. The maximum Gasteiger partial charge on any atom is 0.475 e. The molecule has 0 radical (unpaired) electrons. The Morgan fingerprint density at radius 1 is 1.38 bits per heavy atom. The standard InChI is InChI=1S/C20H31N2O9P/c1-12(2)29-15(24)9-19(3,4)11-28-32(26)27-10-13-16(31-32)20(5,6)17(30-13)22-8-7-14(23)21-18(22)25/h7-8,12-13,16-17H,9-11H2,1-6H3,(H,21,23,25)/t13-,16-,17-,32+/m1/s1. The number of carbonyl (C=O) groups is 1. The van der Waals surface area contributed by atoms with Crippen LogP contribution in [0.4, 0.5) is 0 Å². The van der Waals surface area contributed by atoms with Gasteiger partial charge in [0, 0.05) is 17.7 Å². The van der Waals surface area contributed by atoms with Gasteiger partial charge in [-0.25, -0.2) is 9.36 Å². The smallest absolute Gasteiger partial charge is 0.463 e. The summed E-state index contributed by atoms with van der Waals surface area (Å²) >= 11 is 0. The molecule has 4 atom stereocenters. The second-order valence-electron chi connectivity index (χ2n) is 9.79. The molecule has 0 saturated carbocycles. The zero-order valence-corrected chi connectivity index (χ0v) is 20.0. The highest BCUT2D eigenvalue weighted by Crippen LogP contribution is 2.61. The van der Waals surface area contributed by atoms with Crippen molar-refractivity contribution in [1.29, 1.82) is 0 Å². The predicted molar refractivity (Wildman–Crippen MR) is 113 cm³/mol. The first-order valence-electron chi connectivity index (χ1n) is 10.5. The van der Waals surface area contributed by atoms with Crippen molar-refractivity contribution in [1.82, 2.24) is 9.55 Å². The number of carbonyl (C=O) groups excluding carboxylic acids is 1. The number of ether oxygens (including phenoxy) is 2. The van der Waals surface area contributed by atoms with Gasteiger partial charge in [0.15, 0.2) is 0 Å². The van der Waals surface area contributed by atoms with E-state index in [0.29, 0.717) is 0 Å². The lowest BCUT2D eigenvalue weighted by atomic mass is 9.84. The predicted octanol–water partition coefficient (Wildman–Crippen LogP) is 2.37. The number of phosphoric ester groups is 1. The van der Waals surface area contributed by atoms with Gasteiger partial charge in [0.1, 0.15) is 18.4 Å². The Morgan fingerprint density at radius 3 is 2.69 bits per heavy atom. The monoisotopic (exact) mass is 474 g/mol. The summed E-state index contributed by atoms with van der Waals surface area (Å²) in [5.41, 5.74) is -2.60. The van der Waals surface area contributed by atoms with Crippen LogP contribution in [0.5, 0.6) is 0 Å². The first kappa shape index (κ1) is 24.9. The third kappa shape index (κ3) is 5.40. The van der Waals surface area contributed by atoms with Crippen LogP contribution in [0.1, 0.15) is 54.2 Å². The first-order chi connectivity index (χ1) is 14.7. The van der Waals surface area contributed by atoms with Gasteiger partial charge in [-0.2, -0.15) is 0 Å². The number of H-pyrrole nitrogens is 1. The van der Waals surface area contributed by atoms with Gasteiger partial charge in [-0.05, 0) is 19.3 Å². The molecule has 180 valence electrons. The highest BCUT2D eigenvalue weighted by molar-refractivity contribution is 7.48. The minimum Gasteiger partial charge on any atom is -0.463 e. The van der Waals surface area contributed by atoms with Crippen molar-refractivity contribution in [2.24, 2.45) is 10.8 Å². The molecular weight excluding hydrogens is 443 g/mol. The average molecular weight is 474 g/mol. The Balaban J connectivity index is 1.69. The second kappa shape index (κ2) is 8.87. The Morgan fingerprint density at radius 2 is 2.06 bits per heavy atom. The molecule has 0 spiro atoms. The number of nitrogens with zero attached hydrogens (tertiary/aromatic N) is 1. The molecule has 3 heterocycles. The molecule has 0 bridgehead atoms. The van der Waals surface area contributed by atoms with Gasteiger partial charge in [-0.3, -0.25) is 32.7 Å². The summed E-state index contributed by atoms with van der Waals surface area (Å²) < 4.78 is 42.3. The number of hydrogen-bond acceptors (Lipinski definition) is 9. The lowest BCUT2D eigenvalue weighted by Gasteiger charge is -2.37. The third-order valence-corrected chi connectivity index (χ3v) is 6.75. The van der Waals surface area contributed by atoms with Crippen molar-refractivity contribution < 1.29 is 32.4 Å². The van der Waals surface area contributed by atoms with E-state index in [1.54, 1.807) is 41.5 Å². The molecular formula is C20H31N2O9P. The Hall–Kier alpha value is -1.78. The molecule has 2 fully saturated rings. The van der Waals surface area contributed by atoms with Gasteiger partial charge in [-0.15, -0.1) is 0 Å². The topological polar surface area (TPSA) is 135 Å². The van der Waals surface area contributed by atoms with Crippen molar-refractivity contribution in [3.05, 3.63) is 33.1 Å². The molecule has 0 amide bonds. The fourth-order valence-corrected chi connectivity index (χ4v) is 5.52. The van der Waals surface area contributed by atoms with Crippen molar-refractivity contribution in [3.8, 4) is 0 Å². The van der Waals surface area contributed by atoms with E-state index < -0.39 is 48.3 Å². The summed E-state index contributed by atoms with van der Waals surface area (Å²) in [4.78, 5) is 37.8. The first-order valence-corrected chi connectivity index (χ1v) is 11.9. The maximum atomic E-state index is 13.2. The minimum atomic E-state index is -3.95. The SMILES string of the molecule is CC(C)OC(=O)CC(C)(C)CO[P@]1(=O)OC[C@H]2O[C@@H](n3ccc(=O)[nH]c3=O)C(C)(C)[C@@H]2O1. The molecule has 1 N–H and O–H groups in total. The molecule has 1 aromatic heterocycles. The summed E-state index contributed by atoms with van der Waals surface area (Å²) in [7, 11) is -3.95. The molecule has 3 rings (SSSR count). The average Bonchev–Trinajstić information content (AvgIpc) is 2.90. The van der Waals surface area contributed by atoms with Crippen LogP contribution in [0.25, 0.3) is 0 Å². The number of phosphoric acid groups is 1. The van der Waals surface area contributed by atoms with Gasteiger partial charge >= 0.3 is 19.5 Å². The van der Waals surface area contributed by atoms with Crippen molar-refractivity contribution >= 4 is 13.8 Å². The summed E-state index contributed by atoms with van der Waals surface area (Å²) in [6, 6.07) is 1.22. The molecule has 0 aromatic carbocycles. The van der Waals surface area contributed by atoms with E-state index >= 15 is 0 Å². The van der Waals surface area contributed by atoms with E-state index in [4.69, 9.17) is 23.0 Å². The minimum absolute atomic E-state index is 0.0566. The normalized spacial score (nSPS) is 29.7. The van der Waals surface area contributed by atoms with Crippen LogP contribution in [0.15, 0.2) is 21.9 Å². The van der Waals surface area contributed by atoms with Gasteiger partial charge in [-0.1, -0.05) is 27.7 Å². The summed E-state index contributed by atoms with van der Waals surface area (Å²) in [6.45, 7) is 10.6. The largest absolute Gasteiger partial charge is 0.475 e. The van der Waals surface area contributed by atoms with Gasteiger partial charge in [0.2, 0.25) is 0 Å². The molecule has 0 aliphatic carbocycles. The maximum absolute atomic E-state index is 13.2. The zero-order chi connectivity index (χ0) is 23.9. The number of hydrogen-bond donors (Lipinski definition) is 1. The number of nitrogens with one attached hydrogen (secondary N) is 1. The Kier molecular flexibility index (Phi) is 6.89. The second-order valence-corrected chi connectivity index (χ2v) is 11.4. The highest BCUT2D eigenvalue weighted by Gasteiger charge is 2.58. The summed E-state index contributed by atoms with van der Waals surface area (Å²) in [6.07, 6.45) is -0.872. The van der Waals surface area contributed by atoms with E-state index in [0.717, 1.165) is 0 Å². The van der Waals surface area contributed by atoms with E-state index in [9.17, 15) is 18.9 Å². The Bertz CT molecular complexity index is 1010. The lowest BCUT2D eigenvalue weighted by molar-refractivity contribution is -0.150. The summed E-state index contributed by atoms with van der Waals surface area (Å²) in [5, 5.41) is 0. The van der Waals surface area contributed by atoms with Crippen LogP contribution >= 0.6 is 7.82 Å². The zero-order valence-electron chi connectivity index (χ0n) is 19.2. The van der Waals surface area contributed by atoms with Crippen LogP contribution < -0.4 is 11.2 Å². The van der Waals surface area contributed by atoms with E-state index in [-0.39, 0.29) is 31.7 Å². The number of aromatic nitrogens is 2. The molecule has 12 heteroatoms. The number of fused-ring (bicyclic) bond motifs is 1. The molecule has 2 aliphatic heterocycles. The van der Waals surface area contributed by atoms with Crippen LogP contribution in [0, 0.1) is 10.8 Å². The number of esters is 1. The Labute approximate surface area is 186 Å². The fraction of sp³-hybridized carbons (Fsp3) is 0.750. The van der Waals surface area contributed by atoms with Gasteiger partial charge < -0.3 is 9.47 Å². The fourth-order valence-electron chi connectivity index (χ4n) is 3.80. The molecule has 2 aliphatic rings. The third-order valence-electron chi connectivity index (χ3n) is 5.36. The highest BCUT2D eigenvalue weighted by atomic mass is 31.2. The molecule has 2 saturated heterocycles. The molecule has 32 heavy (non-hydrogen) atoms. The van der Waals surface area contributed by atoms with Crippen LogP contribution in [-0.4, -0.2) is 47.0 Å². The quantitative estimate of drug-likeness (QED) is 0.467. The van der Waals surface area contributed by atoms with Crippen molar-refractivity contribution in [2.45, 2.75) is 72.5 Å². The van der Waals surface area contributed by atoms with Crippen molar-refractivity contribution in [3.63, 3.8) is 0 Å². The summed E-state index contributed by atoms with van der Waals surface area (Å²) in [5.74, 6) is -0.378.